The minimum Gasteiger partial charge on any atom is -0.424 e. The third-order valence-corrected chi connectivity index (χ3v) is 4.93. The maximum absolute atomic E-state index is 6.15. The molecule has 0 unspecified atom stereocenters. The highest BCUT2D eigenvalue weighted by Crippen LogP contribution is 2.43. The normalized spacial score (nSPS) is 13.9. The maximum atomic E-state index is 6.15. The molecule has 1 aliphatic rings. The largest absolute Gasteiger partial charge is 0.424 e. The summed E-state index contributed by atoms with van der Waals surface area (Å²) < 4.78 is 6.15. The summed E-state index contributed by atoms with van der Waals surface area (Å²) in [5, 5.41) is 2.98. The van der Waals surface area contributed by atoms with Gasteiger partial charge in [0.15, 0.2) is 0 Å². The Morgan fingerprint density at radius 3 is 2.37 bits per heavy atom. The van der Waals surface area contributed by atoms with E-state index in [2.05, 4.69) is 37.4 Å². The van der Waals surface area contributed by atoms with Crippen LogP contribution in [0.25, 0.3) is 11.3 Å². The summed E-state index contributed by atoms with van der Waals surface area (Å²) in [5.74, 6) is 2.09. The molecule has 2 aromatic heterocycles. The third-order valence-electron chi connectivity index (χ3n) is 4.93. The first-order chi connectivity index (χ1) is 13.1. The van der Waals surface area contributed by atoms with Gasteiger partial charge in [-0.15, -0.1) is 0 Å². The number of hydrogen-bond acceptors (Lipinski definition) is 6. The number of hydrogen-bond donors (Lipinski definition) is 1. The number of aromatic nitrogens is 4. The minimum absolute atomic E-state index is 0.391. The van der Waals surface area contributed by atoms with Crippen LogP contribution in [0.4, 0.5) is 5.82 Å². The molecular weight excluding hydrogens is 338 g/mol. The van der Waals surface area contributed by atoms with Crippen LogP contribution in [-0.2, 0) is 0 Å². The summed E-state index contributed by atoms with van der Waals surface area (Å²) in [5.41, 5.74) is 4.78. The lowest BCUT2D eigenvalue weighted by Crippen LogP contribution is -2.10. The van der Waals surface area contributed by atoms with Crippen molar-refractivity contribution >= 4 is 5.82 Å². The Labute approximate surface area is 159 Å². The van der Waals surface area contributed by atoms with Gasteiger partial charge in [-0.05, 0) is 50.3 Å². The van der Waals surface area contributed by atoms with Gasteiger partial charge in [0.25, 0.3) is 0 Å². The van der Waals surface area contributed by atoms with Gasteiger partial charge >= 0.3 is 6.01 Å². The minimum atomic E-state index is 0.391. The van der Waals surface area contributed by atoms with Gasteiger partial charge in [0, 0.05) is 24.0 Å². The molecule has 1 aromatic carbocycles. The van der Waals surface area contributed by atoms with E-state index >= 15 is 0 Å². The van der Waals surface area contributed by atoms with Crippen LogP contribution >= 0.6 is 0 Å². The van der Waals surface area contributed by atoms with Crippen molar-refractivity contribution < 1.29 is 4.74 Å². The highest BCUT2D eigenvalue weighted by atomic mass is 16.5. The van der Waals surface area contributed by atoms with E-state index in [0.717, 1.165) is 34.2 Å². The molecule has 6 nitrogen and oxygen atoms in total. The monoisotopic (exact) mass is 361 g/mol. The van der Waals surface area contributed by atoms with Gasteiger partial charge in [-0.3, -0.25) is 4.98 Å². The van der Waals surface area contributed by atoms with Crippen molar-refractivity contribution in [1.82, 2.24) is 19.9 Å². The van der Waals surface area contributed by atoms with Crippen LogP contribution in [-0.4, -0.2) is 27.0 Å². The summed E-state index contributed by atoms with van der Waals surface area (Å²) >= 11 is 0. The molecule has 0 bridgehead atoms. The molecule has 0 aliphatic heterocycles. The van der Waals surface area contributed by atoms with E-state index in [4.69, 9.17) is 4.74 Å². The summed E-state index contributed by atoms with van der Waals surface area (Å²) in [4.78, 5) is 17.7. The molecule has 138 valence electrons. The van der Waals surface area contributed by atoms with Crippen molar-refractivity contribution in [3.05, 3.63) is 53.6 Å². The molecule has 27 heavy (non-hydrogen) atoms. The lowest BCUT2D eigenvalue weighted by Gasteiger charge is -2.27. The van der Waals surface area contributed by atoms with Crippen molar-refractivity contribution in [1.29, 1.82) is 0 Å². The average Bonchev–Trinajstić information content (AvgIpc) is 2.61. The fourth-order valence-corrected chi connectivity index (χ4v) is 3.28. The summed E-state index contributed by atoms with van der Waals surface area (Å²) in [6.45, 7) is 3.90. The Hall–Kier alpha value is -3.02. The Morgan fingerprint density at radius 2 is 1.78 bits per heavy atom. The molecule has 2 heterocycles. The van der Waals surface area contributed by atoms with E-state index in [-0.39, 0.29) is 0 Å². The molecule has 0 atom stereocenters. The Bertz CT molecular complexity index is 931. The van der Waals surface area contributed by atoms with Crippen molar-refractivity contribution in [2.45, 2.75) is 39.0 Å². The highest BCUT2D eigenvalue weighted by Gasteiger charge is 2.24. The number of nitrogens with one attached hydrogen (secondary N) is 1. The fourth-order valence-electron chi connectivity index (χ4n) is 3.28. The van der Waals surface area contributed by atoms with Crippen LogP contribution in [0.15, 0.2) is 36.7 Å². The quantitative estimate of drug-likeness (QED) is 0.713. The van der Waals surface area contributed by atoms with Crippen LogP contribution in [0.3, 0.4) is 0 Å². The predicted molar refractivity (Wildman–Crippen MR) is 105 cm³/mol. The Kier molecular flexibility index (Phi) is 4.71. The number of rotatable bonds is 5. The number of aryl methyl sites for hydroxylation is 2. The van der Waals surface area contributed by atoms with E-state index in [1.54, 1.807) is 12.4 Å². The van der Waals surface area contributed by atoms with E-state index in [1.165, 1.54) is 24.8 Å². The first-order valence-electron chi connectivity index (χ1n) is 9.26. The highest BCUT2D eigenvalue weighted by molar-refractivity contribution is 5.63. The fraction of sp³-hybridized carbons (Fsp3) is 0.333. The van der Waals surface area contributed by atoms with E-state index in [1.807, 2.05) is 33.0 Å². The first-order valence-corrected chi connectivity index (χ1v) is 9.26. The number of anilines is 1. The zero-order valence-electron chi connectivity index (χ0n) is 15.9. The van der Waals surface area contributed by atoms with Crippen LogP contribution in [0.2, 0.25) is 0 Å². The molecule has 1 aliphatic carbocycles. The van der Waals surface area contributed by atoms with Gasteiger partial charge in [0.05, 0.1) is 18.1 Å². The summed E-state index contributed by atoms with van der Waals surface area (Å²) in [6.07, 6.45) is 7.15. The molecule has 3 aromatic rings. The molecule has 0 amide bonds. The van der Waals surface area contributed by atoms with Crippen LogP contribution in [0.1, 0.15) is 42.1 Å². The SMILES string of the molecule is CNc1cnc(-c2ccc(C3CCC3)c(Oc3nc(C)cc(C)n3)c2)cn1. The van der Waals surface area contributed by atoms with Gasteiger partial charge in [-0.25, -0.2) is 15.0 Å². The maximum Gasteiger partial charge on any atom is 0.322 e. The molecule has 1 N–H and O–H groups in total. The molecule has 0 radical (unpaired) electrons. The smallest absolute Gasteiger partial charge is 0.322 e. The zero-order valence-corrected chi connectivity index (χ0v) is 15.9. The Morgan fingerprint density at radius 1 is 1.00 bits per heavy atom. The average molecular weight is 361 g/mol. The van der Waals surface area contributed by atoms with Crippen LogP contribution in [0, 0.1) is 13.8 Å². The molecule has 4 rings (SSSR count). The second-order valence-electron chi connectivity index (χ2n) is 6.95. The lowest BCUT2D eigenvalue weighted by atomic mass is 9.79. The van der Waals surface area contributed by atoms with Gasteiger partial charge in [0.2, 0.25) is 0 Å². The summed E-state index contributed by atoms with van der Waals surface area (Å²) in [6, 6.07) is 8.59. The number of benzene rings is 1. The van der Waals surface area contributed by atoms with Gasteiger partial charge < -0.3 is 10.1 Å². The lowest BCUT2D eigenvalue weighted by molar-refractivity contribution is 0.386. The zero-order chi connectivity index (χ0) is 18.8. The van der Waals surface area contributed by atoms with Crippen molar-refractivity contribution in [3.8, 4) is 23.0 Å². The number of nitrogens with zero attached hydrogens (tertiary/aromatic N) is 4. The summed E-state index contributed by atoms with van der Waals surface area (Å²) in [7, 11) is 1.83. The van der Waals surface area contributed by atoms with E-state index < -0.39 is 0 Å². The van der Waals surface area contributed by atoms with E-state index in [9.17, 15) is 0 Å². The number of ether oxygens (including phenoxy) is 1. The van der Waals surface area contributed by atoms with Crippen molar-refractivity contribution in [3.63, 3.8) is 0 Å². The van der Waals surface area contributed by atoms with E-state index in [0.29, 0.717) is 11.9 Å². The van der Waals surface area contributed by atoms with Crippen molar-refractivity contribution in [2.24, 2.45) is 0 Å². The first kappa shape index (κ1) is 17.4. The second kappa shape index (κ2) is 7.31. The molecule has 6 heteroatoms. The van der Waals surface area contributed by atoms with Gasteiger partial charge in [-0.2, -0.15) is 0 Å². The third kappa shape index (κ3) is 3.74. The molecule has 1 saturated carbocycles. The molecule has 1 fully saturated rings. The molecular formula is C21H23N5O. The molecule has 0 spiro atoms. The van der Waals surface area contributed by atoms with Crippen LogP contribution in [0.5, 0.6) is 11.8 Å². The van der Waals surface area contributed by atoms with Gasteiger partial charge in [0.1, 0.15) is 11.6 Å². The second-order valence-corrected chi connectivity index (χ2v) is 6.95. The predicted octanol–water partition coefficient (Wildman–Crippen LogP) is 4.65. The van der Waals surface area contributed by atoms with Gasteiger partial charge in [-0.1, -0.05) is 18.6 Å². The standard InChI is InChI=1S/C21H23N5O/c1-13-9-14(2)26-21(25-13)27-19-10-16(7-8-17(19)15-5-4-6-15)18-11-24-20(22-3)12-23-18/h7-12,15H,4-6H2,1-3H3,(H,22,24). The van der Waals surface area contributed by atoms with Crippen LogP contribution < -0.4 is 10.1 Å². The van der Waals surface area contributed by atoms with Crippen molar-refractivity contribution in [2.75, 3.05) is 12.4 Å². The Balaban J connectivity index is 1.71. The topological polar surface area (TPSA) is 72.8 Å². The molecule has 0 saturated heterocycles.